The van der Waals surface area contributed by atoms with Crippen LogP contribution in [0.15, 0.2) is 24.3 Å². The summed E-state index contributed by atoms with van der Waals surface area (Å²) in [6, 6.07) is 6.56. The molecule has 0 heterocycles. The van der Waals surface area contributed by atoms with E-state index in [2.05, 4.69) is 5.32 Å². The van der Waals surface area contributed by atoms with Gasteiger partial charge in [0, 0.05) is 18.2 Å². The van der Waals surface area contributed by atoms with E-state index in [-0.39, 0.29) is 6.04 Å². The first-order valence-corrected chi connectivity index (χ1v) is 5.50. The fourth-order valence-corrected chi connectivity index (χ4v) is 1.35. The second kappa shape index (κ2) is 5.86. The predicted octanol–water partition coefficient (Wildman–Crippen LogP) is 2.99. The van der Waals surface area contributed by atoms with Crippen molar-refractivity contribution in [2.24, 2.45) is 5.73 Å². The Balaban J connectivity index is 2.50. The normalized spacial score (nSPS) is 13.2. The van der Waals surface area contributed by atoms with Crippen LogP contribution in [0, 0.1) is 0 Å². The average molecular weight is 260 g/mol. The first-order chi connectivity index (χ1) is 8.28. The summed E-state index contributed by atoms with van der Waals surface area (Å²) in [7, 11) is 0. The van der Waals surface area contributed by atoms with Crippen LogP contribution in [-0.4, -0.2) is 12.1 Å². The predicted molar refractivity (Wildman–Crippen MR) is 63.0 cm³/mol. The number of carbonyl (C=O) groups is 1. The van der Waals surface area contributed by atoms with E-state index < -0.39 is 24.9 Å². The van der Waals surface area contributed by atoms with Crippen molar-refractivity contribution in [2.45, 2.75) is 32.0 Å². The fraction of sp³-hybridized carbons (Fsp3) is 0.417. The highest BCUT2D eigenvalue weighted by Crippen LogP contribution is 2.22. The molecular weight excluding hydrogens is 245 g/mol. The number of benzene rings is 1. The van der Waals surface area contributed by atoms with Crippen LogP contribution in [-0.2, 0) is 4.79 Å². The van der Waals surface area contributed by atoms with Crippen molar-refractivity contribution in [1.82, 2.24) is 0 Å². The summed E-state index contributed by atoms with van der Waals surface area (Å²) >= 11 is 0. The van der Waals surface area contributed by atoms with Gasteiger partial charge in [0.25, 0.3) is 0 Å². The van der Waals surface area contributed by atoms with E-state index >= 15 is 0 Å². The van der Waals surface area contributed by atoms with E-state index in [4.69, 9.17) is 5.73 Å². The highest BCUT2D eigenvalue weighted by molar-refractivity contribution is 5.90. The lowest BCUT2D eigenvalue weighted by molar-refractivity contribution is -0.142. The molecule has 6 heteroatoms. The number of anilines is 1. The first-order valence-electron chi connectivity index (χ1n) is 5.50. The number of carbonyl (C=O) groups excluding carboxylic acids is 1. The molecule has 3 N–H and O–H groups in total. The van der Waals surface area contributed by atoms with Gasteiger partial charge < -0.3 is 11.1 Å². The molecule has 1 aromatic carbocycles. The van der Waals surface area contributed by atoms with E-state index in [1.807, 2.05) is 6.92 Å². The van der Waals surface area contributed by atoms with E-state index in [0.717, 1.165) is 5.56 Å². The number of hydrogen-bond donors (Lipinski definition) is 2. The maximum absolute atomic E-state index is 11.9. The molecule has 0 aliphatic rings. The van der Waals surface area contributed by atoms with Gasteiger partial charge in [-0.05, 0) is 24.6 Å². The lowest BCUT2D eigenvalue weighted by atomic mass is 10.1. The van der Waals surface area contributed by atoms with Gasteiger partial charge in [-0.25, -0.2) is 0 Å². The van der Waals surface area contributed by atoms with Gasteiger partial charge in [-0.1, -0.05) is 12.1 Å². The topological polar surface area (TPSA) is 55.1 Å². The van der Waals surface area contributed by atoms with Gasteiger partial charge in [0.15, 0.2) is 0 Å². The zero-order valence-corrected chi connectivity index (χ0v) is 9.92. The van der Waals surface area contributed by atoms with E-state index in [9.17, 15) is 18.0 Å². The Labute approximate surface area is 103 Å². The number of rotatable bonds is 4. The first kappa shape index (κ1) is 14.5. The summed E-state index contributed by atoms with van der Waals surface area (Å²) < 4.78 is 35.7. The molecule has 0 radical (unpaired) electrons. The minimum atomic E-state index is -4.31. The van der Waals surface area contributed by atoms with Crippen molar-refractivity contribution in [3.8, 4) is 0 Å². The molecule has 0 aliphatic heterocycles. The summed E-state index contributed by atoms with van der Waals surface area (Å²) in [5.41, 5.74) is 7.00. The highest BCUT2D eigenvalue weighted by atomic mass is 19.4. The minimum absolute atomic E-state index is 0.125. The van der Waals surface area contributed by atoms with Gasteiger partial charge in [0.05, 0.1) is 6.42 Å². The molecule has 0 spiro atoms. The van der Waals surface area contributed by atoms with Crippen molar-refractivity contribution < 1.29 is 18.0 Å². The zero-order chi connectivity index (χ0) is 13.8. The molecule has 0 bridgehead atoms. The van der Waals surface area contributed by atoms with Gasteiger partial charge in [0.1, 0.15) is 0 Å². The Morgan fingerprint density at radius 1 is 1.33 bits per heavy atom. The second-order valence-electron chi connectivity index (χ2n) is 4.07. The van der Waals surface area contributed by atoms with Crippen LogP contribution in [0.2, 0.25) is 0 Å². The average Bonchev–Trinajstić information content (AvgIpc) is 2.26. The van der Waals surface area contributed by atoms with Gasteiger partial charge in [-0.3, -0.25) is 4.79 Å². The molecule has 0 saturated heterocycles. The van der Waals surface area contributed by atoms with Crippen LogP contribution in [0.1, 0.15) is 31.4 Å². The lowest BCUT2D eigenvalue weighted by Crippen LogP contribution is -2.16. The number of alkyl halides is 3. The van der Waals surface area contributed by atoms with Gasteiger partial charge in [-0.15, -0.1) is 0 Å². The van der Waals surface area contributed by atoms with Crippen molar-refractivity contribution in [2.75, 3.05) is 5.32 Å². The van der Waals surface area contributed by atoms with Gasteiger partial charge in [-0.2, -0.15) is 13.2 Å². The Kier molecular flexibility index (Phi) is 4.72. The van der Waals surface area contributed by atoms with Gasteiger partial charge in [0.2, 0.25) is 5.91 Å². The minimum Gasteiger partial charge on any atom is -0.326 e. The summed E-state index contributed by atoms with van der Waals surface area (Å²) in [6.07, 6.45) is -5.99. The fourth-order valence-electron chi connectivity index (χ4n) is 1.35. The highest BCUT2D eigenvalue weighted by Gasteiger charge is 2.27. The van der Waals surface area contributed by atoms with Crippen molar-refractivity contribution >= 4 is 11.6 Å². The summed E-state index contributed by atoms with van der Waals surface area (Å²) in [4.78, 5) is 11.2. The third-order valence-electron chi connectivity index (χ3n) is 2.36. The van der Waals surface area contributed by atoms with E-state index in [1.165, 1.54) is 0 Å². The molecule has 0 fully saturated rings. The van der Waals surface area contributed by atoms with Crippen molar-refractivity contribution in [1.29, 1.82) is 0 Å². The van der Waals surface area contributed by atoms with E-state index in [0.29, 0.717) is 5.69 Å². The molecule has 1 rings (SSSR count). The molecule has 1 unspecified atom stereocenters. The maximum atomic E-state index is 11.9. The Hall–Kier alpha value is -1.56. The van der Waals surface area contributed by atoms with Crippen LogP contribution in [0.3, 0.4) is 0 Å². The third kappa shape index (κ3) is 5.18. The second-order valence-corrected chi connectivity index (χ2v) is 4.07. The quantitative estimate of drug-likeness (QED) is 0.874. The summed E-state index contributed by atoms with van der Waals surface area (Å²) in [5, 5.41) is 2.40. The third-order valence-corrected chi connectivity index (χ3v) is 2.36. The van der Waals surface area contributed by atoms with Crippen LogP contribution < -0.4 is 11.1 Å². The molecule has 100 valence electrons. The standard InChI is InChI=1S/C12H15F3N2O/c1-8(16)9-2-4-10(5-3-9)17-11(18)6-7-12(13,14)15/h2-5,8H,6-7,16H2,1H3,(H,17,18). The number of nitrogens with two attached hydrogens (primary N) is 1. The molecule has 0 aromatic heterocycles. The van der Waals surface area contributed by atoms with Gasteiger partial charge >= 0.3 is 6.18 Å². The Morgan fingerprint density at radius 3 is 2.33 bits per heavy atom. The molecule has 1 aromatic rings. The van der Waals surface area contributed by atoms with Crippen LogP contribution >= 0.6 is 0 Å². The maximum Gasteiger partial charge on any atom is 0.389 e. The molecule has 1 amide bonds. The molecule has 0 saturated carbocycles. The molecule has 0 aliphatic carbocycles. The smallest absolute Gasteiger partial charge is 0.326 e. The van der Waals surface area contributed by atoms with Crippen molar-refractivity contribution in [3.05, 3.63) is 29.8 Å². The molecular formula is C12H15F3N2O. The van der Waals surface area contributed by atoms with Crippen LogP contribution in [0.5, 0.6) is 0 Å². The van der Waals surface area contributed by atoms with Crippen molar-refractivity contribution in [3.63, 3.8) is 0 Å². The number of halogens is 3. The molecule has 18 heavy (non-hydrogen) atoms. The van der Waals surface area contributed by atoms with Crippen LogP contribution in [0.4, 0.5) is 18.9 Å². The Morgan fingerprint density at radius 2 is 1.89 bits per heavy atom. The number of amides is 1. The van der Waals surface area contributed by atoms with Crippen LogP contribution in [0.25, 0.3) is 0 Å². The molecule has 1 atom stereocenters. The number of nitrogens with one attached hydrogen (secondary N) is 1. The van der Waals surface area contributed by atoms with E-state index in [1.54, 1.807) is 24.3 Å². The lowest BCUT2D eigenvalue weighted by Gasteiger charge is -2.09. The monoisotopic (exact) mass is 260 g/mol. The summed E-state index contributed by atoms with van der Waals surface area (Å²) in [6.45, 7) is 1.82. The largest absolute Gasteiger partial charge is 0.389 e. The zero-order valence-electron chi connectivity index (χ0n) is 9.92. The SMILES string of the molecule is CC(N)c1ccc(NC(=O)CCC(F)(F)F)cc1. The summed E-state index contributed by atoms with van der Waals surface area (Å²) in [5.74, 6) is -0.652. The Bertz CT molecular complexity index is 399. The number of hydrogen-bond acceptors (Lipinski definition) is 2. The molecule has 3 nitrogen and oxygen atoms in total.